The van der Waals surface area contributed by atoms with Crippen LogP contribution in [0.4, 0.5) is 17.3 Å². The Kier molecular flexibility index (Phi) is 27.1. The fourth-order valence-electron chi connectivity index (χ4n) is 6.04. The Labute approximate surface area is 238 Å². The molecule has 0 N–H and O–H groups in total. The Bertz CT molecular complexity index is 476. The van der Waals surface area contributed by atoms with Gasteiger partial charge in [-0.25, -0.2) is 0 Å². The molecule has 3 rings (SSSR count). The zero-order chi connectivity index (χ0) is 24.7. The summed E-state index contributed by atoms with van der Waals surface area (Å²) in [7, 11) is -6.03. The Morgan fingerprint density at radius 1 is 0.556 bits per heavy atom. The minimum absolute atomic E-state index is 0. The molecule has 4 unspecified atom stereocenters. The molecule has 0 nitrogen and oxygen atoms in total. The molecular weight excluding hydrogens is 588 g/mol. The third kappa shape index (κ3) is 17.4. The summed E-state index contributed by atoms with van der Waals surface area (Å²) in [6.45, 7) is 9.84. The fraction of sp³-hybridized carbons (Fsp3) is 0.786. The van der Waals surface area contributed by atoms with Gasteiger partial charge in [0, 0.05) is 15.8 Å². The molecule has 0 radical (unpaired) electrons. The Balaban J connectivity index is -0.000000570. The largest absolute Gasteiger partial charge is 3.00 e. The van der Waals surface area contributed by atoms with E-state index in [1.807, 2.05) is 0 Å². The van der Waals surface area contributed by atoms with E-state index in [4.69, 9.17) is 0 Å². The standard InChI is InChI=1S/C18H36P2.C8H12.2CH3.BF4.Rh/c1-5-15-9-10-16(6-2)19(15)13-14-20-17(7-3)11-12-18(20)8-4;1-2-4-6-8-7-5-3-1;;;2-1(3,4)5;/h15-18H,5-14H2,1-4H3;1-2,7-8H,3-6H2;2*1H3;;/q;;3*-1;+3/p+2/b;2-1-,8-7-;;;;. The molecule has 2 saturated heterocycles. The van der Waals surface area contributed by atoms with Gasteiger partial charge in [0.2, 0.25) is 0 Å². The molecule has 0 aromatic heterocycles. The van der Waals surface area contributed by atoms with Crippen molar-refractivity contribution in [2.75, 3.05) is 12.3 Å². The van der Waals surface area contributed by atoms with E-state index >= 15 is 0 Å². The minimum Gasteiger partial charge on any atom is -0.418 e. The first kappa shape index (κ1) is 41.2. The second kappa shape index (κ2) is 23.6. The van der Waals surface area contributed by atoms with Gasteiger partial charge in [0.05, 0.1) is 35.0 Å². The molecule has 0 aromatic rings. The molecule has 216 valence electrons. The van der Waals surface area contributed by atoms with Crippen molar-refractivity contribution in [1.82, 2.24) is 0 Å². The summed E-state index contributed by atoms with van der Waals surface area (Å²) in [5.41, 5.74) is 4.70. The van der Waals surface area contributed by atoms with Crippen LogP contribution in [0.3, 0.4) is 0 Å². The van der Waals surface area contributed by atoms with E-state index in [2.05, 4.69) is 52.0 Å². The van der Waals surface area contributed by atoms with Crippen LogP contribution < -0.4 is 0 Å². The maximum absolute atomic E-state index is 9.75. The molecule has 2 aliphatic heterocycles. The normalized spacial score (nSPS) is 30.9. The summed E-state index contributed by atoms with van der Waals surface area (Å²) in [4.78, 5) is 0. The van der Waals surface area contributed by atoms with Crippen molar-refractivity contribution < 1.29 is 36.7 Å². The van der Waals surface area contributed by atoms with Crippen molar-refractivity contribution in [3.8, 4) is 0 Å². The zero-order valence-corrected chi connectivity index (χ0v) is 27.6. The molecule has 4 atom stereocenters. The molecule has 2 fully saturated rings. The fourth-order valence-corrected chi connectivity index (χ4v) is 15.6. The second-order valence-electron chi connectivity index (χ2n) is 9.82. The average Bonchev–Trinajstić information content (AvgIpc) is 3.33. The van der Waals surface area contributed by atoms with Crippen molar-refractivity contribution in [3.05, 3.63) is 39.2 Å². The zero-order valence-electron chi connectivity index (χ0n) is 23.9. The average molecular weight is 644 g/mol. The predicted octanol–water partition coefficient (Wildman–Crippen LogP) is 11.0. The molecule has 0 bridgehead atoms. The van der Waals surface area contributed by atoms with Gasteiger partial charge < -0.3 is 32.1 Å². The molecule has 0 saturated carbocycles. The van der Waals surface area contributed by atoms with E-state index < -0.39 is 7.25 Å². The molecule has 36 heavy (non-hydrogen) atoms. The second-order valence-corrected chi connectivity index (χ2v) is 16.4. The number of rotatable bonds is 7. The Morgan fingerprint density at radius 2 is 0.750 bits per heavy atom. The summed E-state index contributed by atoms with van der Waals surface area (Å²) in [5.74, 6) is 0. The Morgan fingerprint density at radius 3 is 0.917 bits per heavy atom. The first-order valence-electron chi connectivity index (χ1n) is 13.6. The third-order valence-corrected chi connectivity index (χ3v) is 17.0. The monoisotopic (exact) mass is 644 g/mol. The number of hydrogen-bond donors (Lipinski definition) is 0. The van der Waals surface area contributed by atoms with Crippen LogP contribution in [0.2, 0.25) is 0 Å². The predicted molar refractivity (Wildman–Crippen MR) is 161 cm³/mol. The van der Waals surface area contributed by atoms with Gasteiger partial charge in [-0.2, -0.15) is 0 Å². The molecular formula is C28H56BF4P2Rh+2. The molecule has 1 aliphatic carbocycles. The van der Waals surface area contributed by atoms with Gasteiger partial charge in [-0.05, 0) is 77.0 Å². The van der Waals surface area contributed by atoms with Crippen LogP contribution in [-0.4, -0.2) is 42.2 Å². The molecule has 0 amide bonds. The van der Waals surface area contributed by atoms with Gasteiger partial charge in [-0.1, -0.05) is 52.0 Å². The maximum Gasteiger partial charge on any atom is 3.00 e. The first-order chi connectivity index (χ1) is 15.7. The Hall–Kier alpha value is 0.748. The van der Waals surface area contributed by atoms with Gasteiger partial charge in [0.1, 0.15) is 0 Å². The topological polar surface area (TPSA) is 0 Å². The smallest absolute Gasteiger partial charge is 0.418 e. The first-order valence-corrected chi connectivity index (χ1v) is 17.4. The van der Waals surface area contributed by atoms with E-state index in [9.17, 15) is 17.3 Å². The van der Waals surface area contributed by atoms with E-state index in [0.717, 1.165) is 0 Å². The van der Waals surface area contributed by atoms with Crippen LogP contribution >= 0.6 is 15.8 Å². The van der Waals surface area contributed by atoms with Crippen molar-refractivity contribution in [2.45, 2.75) is 127 Å². The van der Waals surface area contributed by atoms with Gasteiger partial charge in [-0.3, -0.25) is 0 Å². The molecule has 3 aliphatic rings. The van der Waals surface area contributed by atoms with Gasteiger partial charge in [0.25, 0.3) is 0 Å². The van der Waals surface area contributed by atoms with E-state index in [-0.39, 0.29) is 50.2 Å². The molecule has 0 spiro atoms. The van der Waals surface area contributed by atoms with E-state index in [0.29, 0.717) is 0 Å². The maximum atomic E-state index is 9.75. The summed E-state index contributed by atoms with van der Waals surface area (Å²) in [6.07, 6.45) is 29.7. The van der Waals surface area contributed by atoms with Gasteiger partial charge >= 0.3 is 26.7 Å². The third-order valence-electron chi connectivity index (χ3n) is 7.83. The van der Waals surface area contributed by atoms with Gasteiger partial charge in [-0.15, -0.1) is 0 Å². The SMILES string of the molecule is C1=C\CC/C=C\CC/1.CCC1CCC(CC)[PH+]1CC[PH+]1C(CC)CCC1CC.F[B-](F)(F)F.[CH3-].[CH3-].[Rh+3]. The van der Waals surface area contributed by atoms with E-state index in [1.54, 1.807) is 38.0 Å². The van der Waals surface area contributed by atoms with Crippen LogP contribution in [0, 0.1) is 14.9 Å². The summed E-state index contributed by atoms with van der Waals surface area (Å²) < 4.78 is 39.0. The van der Waals surface area contributed by atoms with Crippen molar-refractivity contribution in [2.24, 2.45) is 0 Å². The summed E-state index contributed by atoms with van der Waals surface area (Å²) in [5, 5.41) is 0. The quantitative estimate of drug-likeness (QED) is 0.0851. The van der Waals surface area contributed by atoms with Gasteiger partial charge in [0.15, 0.2) is 0 Å². The van der Waals surface area contributed by atoms with Crippen molar-refractivity contribution in [1.29, 1.82) is 0 Å². The van der Waals surface area contributed by atoms with Crippen molar-refractivity contribution in [3.63, 3.8) is 0 Å². The molecule has 0 aromatic carbocycles. The van der Waals surface area contributed by atoms with Crippen molar-refractivity contribution >= 4 is 23.1 Å². The number of allylic oxidation sites excluding steroid dienone is 4. The number of halogens is 4. The number of hydrogen-bond acceptors (Lipinski definition) is 0. The van der Waals surface area contributed by atoms with Crippen LogP contribution in [-0.2, 0) is 19.5 Å². The van der Waals surface area contributed by atoms with E-state index in [1.165, 1.54) is 74.0 Å². The molecule has 2 heterocycles. The van der Waals surface area contributed by atoms with Crippen LogP contribution in [0.15, 0.2) is 24.3 Å². The van der Waals surface area contributed by atoms with Crippen LogP contribution in [0.5, 0.6) is 0 Å². The van der Waals surface area contributed by atoms with Crippen LogP contribution in [0.1, 0.15) is 105 Å². The molecule has 8 heteroatoms. The van der Waals surface area contributed by atoms with Crippen LogP contribution in [0.25, 0.3) is 0 Å². The summed E-state index contributed by atoms with van der Waals surface area (Å²) in [6, 6.07) is 0. The summed E-state index contributed by atoms with van der Waals surface area (Å²) >= 11 is 0. The minimum atomic E-state index is -6.00.